The van der Waals surface area contributed by atoms with Gasteiger partial charge in [0.1, 0.15) is 18.2 Å². The van der Waals surface area contributed by atoms with E-state index >= 15 is 0 Å². The van der Waals surface area contributed by atoms with Crippen molar-refractivity contribution in [2.45, 2.75) is 32.5 Å². The normalized spacial score (nSPS) is 13.5. The Morgan fingerprint density at radius 2 is 2.10 bits per heavy atom. The summed E-state index contributed by atoms with van der Waals surface area (Å²) >= 11 is 0. The standard InChI is InChI=1S/C13H18F3NO3/c1-9(2)7-19-8-10(11-4-3-5-20-11)17-12(18)6-13(14,15)16/h3-5,9-10H,6-8H2,1-2H3,(H,17,18). The lowest BCUT2D eigenvalue weighted by molar-refractivity contribution is -0.154. The quantitative estimate of drug-likeness (QED) is 0.840. The van der Waals surface area contributed by atoms with Crippen LogP contribution in [0.5, 0.6) is 0 Å². The molecule has 20 heavy (non-hydrogen) atoms. The molecule has 1 atom stereocenters. The first-order valence-electron chi connectivity index (χ1n) is 6.25. The Bertz CT molecular complexity index is 401. The van der Waals surface area contributed by atoms with E-state index in [1.807, 2.05) is 13.8 Å². The Hall–Kier alpha value is -1.50. The monoisotopic (exact) mass is 293 g/mol. The third-order valence-electron chi connectivity index (χ3n) is 2.32. The summed E-state index contributed by atoms with van der Waals surface area (Å²) in [6, 6.07) is 2.46. The molecule has 1 aromatic rings. The lowest BCUT2D eigenvalue weighted by Gasteiger charge is -2.18. The van der Waals surface area contributed by atoms with Crippen LogP contribution in [0.3, 0.4) is 0 Å². The van der Waals surface area contributed by atoms with Crippen molar-refractivity contribution in [3.63, 3.8) is 0 Å². The van der Waals surface area contributed by atoms with Crippen molar-refractivity contribution in [3.05, 3.63) is 24.2 Å². The molecule has 1 aromatic heterocycles. The van der Waals surface area contributed by atoms with Crippen molar-refractivity contribution in [3.8, 4) is 0 Å². The van der Waals surface area contributed by atoms with Crippen LogP contribution in [0.2, 0.25) is 0 Å². The number of ether oxygens (including phenoxy) is 1. The van der Waals surface area contributed by atoms with Gasteiger partial charge in [-0.2, -0.15) is 13.2 Å². The van der Waals surface area contributed by atoms with E-state index in [-0.39, 0.29) is 12.5 Å². The Balaban J connectivity index is 2.57. The van der Waals surface area contributed by atoms with Gasteiger partial charge in [-0.05, 0) is 18.1 Å². The molecule has 1 heterocycles. The third-order valence-corrected chi connectivity index (χ3v) is 2.32. The molecule has 114 valence electrons. The maximum absolute atomic E-state index is 12.1. The third kappa shape index (κ3) is 6.60. The molecule has 1 unspecified atom stereocenters. The first-order chi connectivity index (χ1) is 9.28. The molecule has 1 amide bonds. The van der Waals surface area contributed by atoms with Gasteiger partial charge in [0, 0.05) is 6.61 Å². The number of amides is 1. The van der Waals surface area contributed by atoms with Gasteiger partial charge < -0.3 is 14.5 Å². The van der Waals surface area contributed by atoms with Crippen LogP contribution in [-0.2, 0) is 9.53 Å². The number of carbonyl (C=O) groups is 1. The van der Waals surface area contributed by atoms with E-state index < -0.39 is 24.5 Å². The highest BCUT2D eigenvalue weighted by atomic mass is 19.4. The van der Waals surface area contributed by atoms with Gasteiger partial charge in [-0.25, -0.2) is 0 Å². The molecule has 1 rings (SSSR count). The molecule has 0 aromatic carbocycles. The zero-order valence-corrected chi connectivity index (χ0v) is 11.4. The number of hydrogen-bond donors (Lipinski definition) is 1. The number of hydrogen-bond acceptors (Lipinski definition) is 3. The number of alkyl halides is 3. The fraction of sp³-hybridized carbons (Fsp3) is 0.615. The first-order valence-corrected chi connectivity index (χ1v) is 6.25. The molecule has 0 bridgehead atoms. The first kappa shape index (κ1) is 16.6. The molecule has 0 aliphatic heterocycles. The number of furan rings is 1. The minimum atomic E-state index is -4.53. The minimum absolute atomic E-state index is 0.0648. The highest BCUT2D eigenvalue weighted by Gasteiger charge is 2.32. The zero-order valence-electron chi connectivity index (χ0n) is 11.4. The van der Waals surface area contributed by atoms with Crippen molar-refractivity contribution in [1.82, 2.24) is 5.32 Å². The molecule has 7 heteroatoms. The van der Waals surface area contributed by atoms with Crippen LogP contribution in [0.25, 0.3) is 0 Å². The molecule has 0 spiro atoms. The van der Waals surface area contributed by atoms with Gasteiger partial charge in [0.15, 0.2) is 0 Å². The highest BCUT2D eigenvalue weighted by molar-refractivity contribution is 5.77. The second-order valence-electron chi connectivity index (χ2n) is 4.86. The van der Waals surface area contributed by atoms with Crippen LogP contribution in [-0.4, -0.2) is 25.3 Å². The van der Waals surface area contributed by atoms with Crippen molar-refractivity contribution >= 4 is 5.91 Å². The van der Waals surface area contributed by atoms with Gasteiger partial charge in [-0.1, -0.05) is 13.8 Å². The van der Waals surface area contributed by atoms with Gasteiger partial charge in [0.05, 0.1) is 12.9 Å². The van der Waals surface area contributed by atoms with Crippen LogP contribution in [0, 0.1) is 5.92 Å². The highest BCUT2D eigenvalue weighted by Crippen LogP contribution is 2.21. The fourth-order valence-electron chi connectivity index (χ4n) is 1.53. The predicted molar refractivity (Wildman–Crippen MR) is 65.9 cm³/mol. The number of carbonyl (C=O) groups excluding carboxylic acids is 1. The Morgan fingerprint density at radius 1 is 1.40 bits per heavy atom. The van der Waals surface area contributed by atoms with E-state index in [1.165, 1.54) is 6.26 Å². The van der Waals surface area contributed by atoms with Crippen LogP contribution >= 0.6 is 0 Å². The molecular formula is C13H18F3NO3. The number of nitrogens with one attached hydrogen (secondary N) is 1. The fourth-order valence-corrected chi connectivity index (χ4v) is 1.53. The summed E-state index contributed by atoms with van der Waals surface area (Å²) < 4.78 is 46.9. The van der Waals surface area contributed by atoms with Crippen molar-refractivity contribution in [2.24, 2.45) is 5.92 Å². The van der Waals surface area contributed by atoms with Crippen LogP contribution < -0.4 is 5.32 Å². The molecule has 4 nitrogen and oxygen atoms in total. The van der Waals surface area contributed by atoms with E-state index in [0.717, 1.165) is 0 Å². The van der Waals surface area contributed by atoms with Gasteiger partial charge >= 0.3 is 6.18 Å². The summed E-state index contributed by atoms with van der Waals surface area (Å²) in [5, 5.41) is 2.27. The molecule has 0 aliphatic carbocycles. The maximum atomic E-state index is 12.1. The van der Waals surface area contributed by atoms with E-state index in [2.05, 4.69) is 5.32 Å². The average molecular weight is 293 g/mol. The van der Waals surface area contributed by atoms with Gasteiger partial charge in [-0.3, -0.25) is 4.79 Å². The molecule has 0 radical (unpaired) electrons. The summed E-state index contributed by atoms with van der Waals surface area (Å²) in [5.74, 6) is -0.450. The van der Waals surface area contributed by atoms with E-state index in [9.17, 15) is 18.0 Å². The molecule has 1 N–H and O–H groups in total. The lowest BCUT2D eigenvalue weighted by atomic mass is 10.2. The predicted octanol–water partition coefficient (Wildman–Crippen LogP) is 3.06. The molecule has 0 fully saturated rings. The maximum Gasteiger partial charge on any atom is 0.397 e. The van der Waals surface area contributed by atoms with E-state index in [1.54, 1.807) is 12.1 Å². The molecule has 0 saturated heterocycles. The van der Waals surface area contributed by atoms with E-state index in [0.29, 0.717) is 12.4 Å². The summed E-state index contributed by atoms with van der Waals surface area (Å²) in [6.07, 6.45) is -4.66. The molecular weight excluding hydrogens is 275 g/mol. The molecule has 0 saturated carbocycles. The Labute approximate surface area is 115 Å². The summed E-state index contributed by atoms with van der Waals surface area (Å²) in [5.41, 5.74) is 0. The van der Waals surface area contributed by atoms with Gasteiger partial charge in [-0.15, -0.1) is 0 Å². The van der Waals surface area contributed by atoms with Crippen LogP contribution in [0.1, 0.15) is 32.1 Å². The minimum Gasteiger partial charge on any atom is -0.467 e. The largest absolute Gasteiger partial charge is 0.467 e. The van der Waals surface area contributed by atoms with Crippen molar-refractivity contribution in [2.75, 3.05) is 13.2 Å². The van der Waals surface area contributed by atoms with Crippen molar-refractivity contribution < 1.29 is 27.1 Å². The van der Waals surface area contributed by atoms with E-state index in [4.69, 9.17) is 9.15 Å². The van der Waals surface area contributed by atoms with Gasteiger partial charge in [0.25, 0.3) is 0 Å². The Morgan fingerprint density at radius 3 is 2.60 bits per heavy atom. The summed E-state index contributed by atoms with van der Waals surface area (Å²) in [7, 11) is 0. The van der Waals surface area contributed by atoms with Gasteiger partial charge in [0.2, 0.25) is 5.91 Å². The lowest BCUT2D eigenvalue weighted by Crippen LogP contribution is -2.34. The topological polar surface area (TPSA) is 51.5 Å². The van der Waals surface area contributed by atoms with Crippen LogP contribution in [0.4, 0.5) is 13.2 Å². The average Bonchev–Trinajstić information content (AvgIpc) is 2.77. The summed E-state index contributed by atoms with van der Waals surface area (Å²) in [4.78, 5) is 11.3. The van der Waals surface area contributed by atoms with Crippen molar-refractivity contribution in [1.29, 1.82) is 0 Å². The Kier molecular flexibility index (Phi) is 6.06. The second kappa shape index (κ2) is 7.33. The number of halogens is 3. The SMILES string of the molecule is CC(C)COCC(NC(=O)CC(F)(F)F)c1ccco1. The molecule has 0 aliphatic rings. The summed E-state index contributed by atoms with van der Waals surface area (Å²) in [6.45, 7) is 4.41. The van der Waals surface area contributed by atoms with Crippen LogP contribution in [0.15, 0.2) is 22.8 Å². The number of rotatable bonds is 7. The smallest absolute Gasteiger partial charge is 0.397 e. The zero-order chi connectivity index (χ0) is 15.2. The second-order valence-corrected chi connectivity index (χ2v) is 4.86.